The first-order valence-electron chi connectivity index (χ1n) is 10.0. The Morgan fingerprint density at radius 2 is 1.58 bits per heavy atom. The Bertz CT molecular complexity index is 1280. The van der Waals surface area contributed by atoms with Crippen LogP contribution in [0.5, 0.6) is 11.5 Å². The quantitative estimate of drug-likeness (QED) is 0.284. The van der Waals surface area contributed by atoms with E-state index >= 15 is 0 Å². The maximum absolute atomic E-state index is 13.4. The van der Waals surface area contributed by atoms with Gasteiger partial charge in [0.25, 0.3) is 0 Å². The highest BCUT2D eigenvalue weighted by molar-refractivity contribution is 6.16. The van der Waals surface area contributed by atoms with Gasteiger partial charge in [0.2, 0.25) is 0 Å². The lowest BCUT2D eigenvalue weighted by Crippen LogP contribution is -2.05. The van der Waals surface area contributed by atoms with Gasteiger partial charge in [-0.2, -0.15) is 0 Å². The summed E-state index contributed by atoms with van der Waals surface area (Å²) in [5.74, 6) is 1.17. The SMILES string of the molecule is COc1ccc(/C=C/C(=O)c2c(C)nc3ccccc3c2-c2ccccc2)cc1OC. The molecule has 1 aromatic heterocycles. The van der Waals surface area contributed by atoms with Gasteiger partial charge in [-0.25, -0.2) is 0 Å². The number of aryl methyl sites for hydroxylation is 1. The number of hydrogen-bond donors (Lipinski definition) is 0. The summed E-state index contributed by atoms with van der Waals surface area (Å²) >= 11 is 0. The zero-order valence-electron chi connectivity index (χ0n) is 17.8. The van der Waals surface area contributed by atoms with Crippen molar-refractivity contribution in [1.82, 2.24) is 4.98 Å². The van der Waals surface area contributed by atoms with Crippen LogP contribution in [-0.2, 0) is 0 Å². The molecule has 0 bridgehead atoms. The average Bonchev–Trinajstić information content (AvgIpc) is 2.82. The molecule has 31 heavy (non-hydrogen) atoms. The Morgan fingerprint density at radius 1 is 0.871 bits per heavy atom. The summed E-state index contributed by atoms with van der Waals surface area (Å²) in [5, 5.41) is 0.960. The number of ether oxygens (including phenoxy) is 2. The first kappa shape index (κ1) is 20.4. The lowest BCUT2D eigenvalue weighted by atomic mass is 9.92. The van der Waals surface area contributed by atoms with Gasteiger partial charge in [-0.05, 0) is 42.3 Å². The van der Waals surface area contributed by atoms with Gasteiger partial charge in [-0.15, -0.1) is 0 Å². The number of pyridine rings is 1. The van der Waals surface area contributed by atoms with Crippen LogP contribution in [0.15, 0.2) is 78.9 Å². The third-order valence-electron chi connectivity index (χ3n) is 5.22. The third kappa shape index (κ3) is 4.05. The molecular weight excluding hydrogens is 386 g/mol. The lowest BCUT2D eigenvalue weighted by Gasteiger charge is -2.14. The van der Waals surface area contributed by atoms with E-state index in [9.17, 15) is 4.79 Å². The molecule has 0 spiro atoms. The molecule has 0 amide bonds. The fourth-order valence-corrected chi connectivity index (χ4v) is 3.75. The number of ketones is 1. The molecule has 0 aliphatic carbocycles. The van der Waals surface area contributed by atoms with Crippen molar-refractivity contribution in [2.75, 3.05) is 14.2 Å². The molecule has 154 valence electrons. The first-order valence-corrected chi connectivity index (χ1v) is 10.0. The van der Waals surface area contributed by atoms with Crippen molar-refractivity contribution in [3.63, 3.8) is 0 Å². The van der Waals surface area contributed by atoms with Gasteiger partial charge in [-0.1, -0.05) is 60.7 Å². The normalized spacial score (nSPS) is 11.1. The molecule has 4 heteroatoms. The highest BCUT2D eigenvalue weighted by Crippen LogP contribution is 2.34. The first-order chi connectivity index (χ1) is 15.1. The number of fused-ring (bicyclic) bond motifs is 1. The molecule has 0 radical (unpaired) electrons. The van der Waals surface area contributed by atoms with Gasteiger partial charge in [0.05, 0.1) is 25.3 Å². The highest BCUT2D eigenvalue weighted by Gasteiger charge is 2.18. The van der Waals surface area contributed by atoms with Crippen molar-refractivity contribution >= 4 is 22.8 Å². The molecule has 4 rings (SSSR count). The van der Waals surface area contributed by atoms with Gasteiger partial charge in [-0.3, -0.25) is 9.78 Å². The number of carbonyl (C=O) groups is 1. The van der Waals surface area contributed by atoms with Gasteiger partial charge >= 0.3 is 0 Å². The van der Waals surface area contributed by atoms with E-state index in [1.165, 1.54) is 0 Å². The van der Waals surface area contributed by atoms with E-state index in [-0.39, 0.29) is 5.78 Å². The maximum Gasteiger partial charge on any atom is 0.188 e. The summed E-state index contributed by atoms with van der Waals surface area (Å²) in [6.45, 7) is 1.89. The lowest BCUT2D eigenvalue weighted by molar-refractivity contribution is 0.104. The third-order valence-corrected chi connectivity index (χ3v) is 5.22. The minimum absolute atomic E-state index is 0.0932. The van der Waals surface area contributed by atoms with Crippen LogP contribution in [0.3, 0.4) is 0 Å². The van der Waals surface area contributed by atoms with E-state index in [0.717, 1.165) is 27.6 Å². The molecule has 0 aliphatic rings. The van der Waals surface area contributed by atoms with Gasteiger partial charge in [0.1, 0.15) is 0 Å². The molecule has 1 heterocycles. The molecule has 0 atom stereocenters. The van der Waals surface area contributed by atoms with E-state index in [1.54, 1.807) is 26.4 Å². The van der Waals surface area contributed by atoms with Crippen molar-refractivity contribution < 1.29 is 14.3 Å². The van der Waals surface area contributed by atoms with Crippen molar-refractivity contribution in [3.05, 3.63) is 95.7 Å². The fourth-order valence-electron chi connectivity index (χ4n) is 3.75. The van der Waals surface area contributed by atoms with Gasteiger partial charge in [0.15, 0.2) is 17.3 Å². The Kier molecular flexibility index (Phi) is 5.80. The summed E-state index contributed by atoms with van der Waals surface area (Å²) in [4.78, 5) is 18.1. The summed E-state index contributed by atoms with van der Waals surface area (Å²) in [7, 11) is 3.18. The van der Waals surface area contributed by atoms with Crippen LogP contribution in [-0.4, -0.2) is 25.0 Å². The summed E-state index contributed by atoms with van der Waals surface area (Å²) in [6, 6.07) is 23.4. The summed E-state index contributed by atoms with van der Waals surface area (Å²) in [5.41, 5.74) is 4.94. The maximum atomic E-state index is 13.4. The van der Waals surface area contributed by atoms with E-state index in [4.69, 9.17) is 14.5 Å². The minimum Gasteiger partial charge on any atom is -0.493 e. The van der Waals surface area contributed by atoms with Crippen LogP contribution in [0.2, 0.25) is 0 Å². The molecule has 0 fully saturated rings. The number of nitrogens with zero attached hydrogens (tertiary/aromatic N) is 1. The second-order valence-corrected chi connectivity index (χ2v) is 7.14. The average molecular weight is 409 g/mol. The largest absolute Gasteiger partial charge is 0.493 e. The van der Waals surface area contributed by atoms with E-state index < -0.39 is 0 Å². The van der Waals surface area contributed by atoms with Crippen LogP contribution >= 0.6 is 0 Å². The van der Waals surface area contributed by atoms with Crippen molar-refractivity contribution in [2.45, 2.75) is 6.92 Å². The van der Waals surface area contributed by atoms with Crippen LogP contribution in [0.25, 0.3) is 28.1 Å². The second-order valence-electron chi connectivity index (χ2n) is 7.14. The topological polar surface area (TPSA) is 48.4 Å². The molecule has 3 aromatic carbocycles. The second kappa shape index (κ2) is 8.84. The Balaban J connectivity index is 1.82. The zero-order chi connectivity index (χ0) is 21.8. The predicted octanol–water partition coefficient (Wildman–Crippen LogP) is 6.12. The monoisotopic (exact) mass is 409 g/mol. The number of methoxy groups -OCH3 is 2. The summed E-state index contributed by atoms with van der Waals surface area (Å²) < 4.78 is 10.6. The molecular formula is C27H23NO3. The number of rotatable bonds is 6. The number of carbonyl (C=O) groups excluding carboxylic acids is 1. The highest BCUT2D eigenvalue weighted by atomic mass is 16.5. The molecule has 0 saturated carbocycles. The molecule has 0 unspecified atom stereocenters. The van der Waals surface area contributed by atoms with E-state index in [2.05, 4.69) is 0 Å². The van der Waals surface area contributed by atoms with Gasteiger partial charge in [0, 0.05) is 16.6 Å². The van der Waals surface area contributed by atoms with Crippen molar-refractivity contribution in [2.24, 2.45) is 0 Å². The van der Waals surface area contributed by atoms with Crippen LogP contribution in [0.1, 0.15) is 21.6 Å². The number of benzene rings is 3. The molecule has 0 N–H and O–H groups in total. The summed E-state index contributed by atoms with van der Waals surface area (Å²) in [6.07, 6.45) is 3.38. The molecule has 4 aromatic rings. The smallest absolute Gasteiger partial charge is 0.188 e. The molecule has 0 saturated heterocycles. The Hall–Kier alpha value is -3.92. The number of aromatic nitrogens is 1. The van der Waals surface area contributed by atoms with Crippen molar-refractivity contribution in [3.8, 4) is 22.6 Å². The Morgan fingerprint density at radius 3 is 2.32 bits per heavy atom. The molecule has 4 nitrogen and oxygen atoms in total. The van der Waals surface area contributed by atoms with E-state index in [0.29, 0.717) is 22.8 Å². The minimum atomic E-state index is -0.0932. The van der Waals surface area contributed by atoms with Crippen molar-refractivity contribution in [1.29, 1.82) is 0 Å². The number of allylic oxidation sites excluding steroid dienone is 1. The zero-order valence-corrected chi connectivity index (χ0v) is 17.8. The standard InChI is InChI=1S/C27H23NO3/c1-18-26(23(29)15-13-19-14-16-24(30-2)25(17-19)31-3)27(20-9-5-4-6-10-20)21-11-7-8-12-22(21)28-18/h4-17H,1-3H3/b15-13+. The van der Waals surface area contributed by atoms with Crippen LogP contribution in [0, 0.1) is 6.92 Å². The van der Waals surface area contributed by atoms with Crippen LogP contribution in [0.4, 0.5) is 0 Å². The predicted molar refractivity (Wildman–Crippen MR) is 125 cm³/mol. The fraction of sp³-hybridized carbons (Fsp3) is 0.111. The number of hydrogen-bond acceptors (Lipinski definition) is 4. The molecule has 0 aliphatic heterocycles. The van der Waals surface area contributed by atoms with Gasteiger partial charge < -0.3 is 9.47 Å². The van der Waals surface area contributed by atoms with E-state index in [1.807, 2.05) is 79.7 Å². The van der Waals surface area contributed by atoms with Crippen LogP contribution < -0.4 is 9.47 Å². The Labute approximate surface area is 181 Å². The number of para-hydroxylation sites is 1.